The number of nitriles is 1. The lowest BCUT2D eigenvalue weighted by atomic mass is 10.1. The second kappa shape index (κ2) is 8.50. The Kier molecular flexibility index (Phi) is 9.88. The standard InChI is InChI=1S/C5H11NO2.C2H2BrN/c1-3(2)4(6)5(7)8;3-1-2-4/h3-4H,6H2,1-2H3,(H,7,8);1H2/t4-;/m0./s1. The van der Waals surface area contributed by atoms with Gasteiger partial charge in [-0.05, 0) is 5.92 Å². The molecule has 0 amide bonds. The molecule has 0 bridgehead atoms. The van der Waals surface area contributed by atoms with Gasteiger partial charge in [-0.1, -0.05) is 29.8 Å². The molecule has 0 aliphatic carbocycles. The number of hydrogen-bond donors (Lipinski definition) is 2. The van der Waals surface area contributed by atoms with Crippen LogP contribution in [-0.4, -0.2) is 22.4 Å². The lowest BCUT2D eigenvalue weighted by Gasteiger charge is -2.07. The van der Waals surface area contributed by atoms with Gasteiger partial charge in [-0.2, -0.15) is 5.26 Å². The summed E-state index contributed by atoms with van der Waals surface area (Å²) < 4.78 is 0. The number of hydrogen-bond acceptors (Lipinski definition) is 3. The first-order valence-corrected chi connectivity index (χ1v) is 4.50. The van der Waals surface area contributed by atoms with Crippen LogP contribution in [0.5, 0.6) is 0 Å². The van der Waals surface area contributed by atoms with Crippen molar-refractivity contribution in [2.45, 2.75) is 19.9 Å². The minimum absolute atomic E-state index is 0.0208. The van der Waals surface area contributed by atoms with Crippen molar-refractivity contribution in [2.75, 3.05) is 5.33 Å². The van der Waals surface area contributed by atoms with Crippen molar-refractivity contribution < 1.29 is 9.90 Å². The quantitative estimate of drug-likeness (QED) is 0.700. The number of alkyl halides is 1. The monoisotopic (exact) mass is 236 g/mol. The Bertz CT molecular complexity index is 165. The summed E-state index contributed by atoms with van der Waals surface area (Å²) in [4.78, 5) is 10.0. The summed E-state index contributed by atoms with van der Waals surface area (Å²) in [5, 5.41) is 16.2. The number of halogens is 1. The Morgan fingerprint density at radius 1 is 1.75 bits per heavy atom. The topological polar surface area (TPSA) is 87.1 Å². The van der Waals surface area contributed by atoms with E-state index in [1.165, 1.54) is 0 Å². The number of carboxylic acids is 1. The Hall–Kier alpha value is -0.600. The highest BCUT2D eigenvalue weighted by Crippen LogP contribution is 1.96. The molecule has 0 aromatic heterocycles. The van der Waals surface area contributed by atoms with Gasteiger partial charge in [0, 0.05) is 0 Å². The molecule has 0 aromatic rings. The summed E-state index contributed by atoms with van der Waals surface area (Å²) in [6, 6.07) is 1.13. The maximum atomic E-state index is 10.0. The van der Waals surface area contributed by atoms with Gasteiger partial charge in [0.05, 0.1) is 11.4 Å². The highest BCUT2D eigenvalue weighted by molar-refractivity contribution is 9.09. The predicted molar refractivity (Wildman–Crippen MR) is 49.9 cm³/mol. The lowest BCUT2D eigenvalue weighted by molar-refractivity contribution is -0.139. The normalized spacial score (nSPS) is 11.0. The Morgan fingerprint density at radius 2 is 2.08 bits per heavy atom. The number of carbonyl (C=O) groups is 1. The van der Waals surface area contributed by atoms with E-state index in [0.717, 1.165) is 0 Å². The molecule has 0 aliphatic rings. The van der Waals surface area contributed by atoms with E-state index >= 15 is 0 Å². The molecule has 0 rings (SSSR count). The van der Waals surface area contributed by atoms with Crippen molar-refractivity contribution in [3.8, 4) is 6.07 Å². The zero-order valence-corrected chi connectivity index (χ0v) is 8.71. The molecule has 0 aliphatic heterocycles. The zero-order chi connectivity index (χ0) is 10.1. The van der Waals surface area contributed by atoms with Gasteiger partial charge in [0.1, 0.15) is 6.04 Å². The fourth-order valence-corrected chi connectivity index (χ4v) is 0.285. The van der Waals surface area contributed by atoms with E-state index < -0.39 is 12.0 Å². The second-order valence-electron chi connectivity index (χ2n) is 2.40. The van der Waals surface area contributed by atoms with E-state index in [-0.39, 0.29) is 5.92 Å². The van der Waals surface area contributed by atoms with Crippen LogP contribution in [0.4, 0.5) is 0 Å². The van der Waals surface area contributed by atoms with Crippen LogP contribution in [-0.2, 0) is 4.79 Å². The Labute approximate surface area is 80.5 Å². The average Bonchev–Trinajstić information content (AvgIpc) is 2.03. The smallest absolute Gasteiger partial charge is 0.320 e. The van der Waals surface area contributed by atoms with Crippen LogP contribution >= 0.6 is 15.9 Å². The number of nitrogens with two attached hydrogens (primary N) is 1. The average molecular weight is 237 g/mol. The summed E-state index contributed by atoms with van der Waals surface area (Å²) in [6.07, 6.45) is 0. The molecular weight excluding hydrogens is 224 g/mol. The first kappa shape index (κ1) is 14.0. The number of nitrogens with zero attached hydrogens (tertiary/aromatic N) is 1. The van der Waals surface area contributed by atoms with E-state index in [2.05, 4.69) is 15.9 Å². The highest BCUT2D eigenvalue weighted by atomic mass is 79.9. The van der Waals surface area contributed by atoms with Gasteiger partial charge < -0.3 is 10.8 Å². The highest BCUT2D eigenvalue weighted by Gasteiger charge is 2.14. The van der Waals surface area contributed by atoms with Crippen molar-refractivity contribution in [3.63, 3.8) is 0 Å². The summed E-state index contributed by atoms with van der Waals surface area (Å²) in [5.41, 5.74) is 5.16. The van der Waals surface area contributed by atoms with Crippen LogP contribution in [0.3, 0.4) is 0 Å². The second-order valence-corrected chi connectivity index (χ2v) is 2.96. The third kappa shape index (κ3) is 9.40. The predicted octanol–water partition coefficient (Wildman–Crippen LogP) is 0.959. The zero-order valence-electron chi connectivity index (χ0n) is 7.12. The van der Waals surface area contributed by atoms with Gasteiger partial charge in [-0.3, -0.25) is 4.79 Å². The van der Waals surface area contributed by atoms with Crippen LogP contribution in [0, 0.1) is 17.2 Å². The third-order valence-corrected chi connectivity index (χ3v) is 1.31. The molecule has 0 radical (unpaired) electrons. The van der Waals surface area contributed by atoms with Crippen molar-refractivity contribution in [3.05, 3.63) is 0 Å². The molecule has 4 nitrogen and oxygen atoms in total. The van der Waals surface area contributed by atoms with Gasteiger partial charge in [0.15, 0.2) is 0 Å². The molecule has 0 fully saturated rings. The molecule has 0 saturated heterocycles. The first-order valence-electron chi connectivity index (χ1n) is 3.38. The minimum atomic E-state index is -0.931. The van der Waals surface area contributed by atoms with Gasteiger partial charge in [-0.15, -0.1) is 0 Å². The fourth-order valence-electron chi connectivity index (χ4n) is 0.285. The van der Waals surface area contributed by atoms with E-state index in [4.69, 9.17) is 16.1 Å². The minimum Gasteiger partial charge on any atom is -0.480 e. The molecule has 0 unspecified atom stereocenters. The van der Waals surface area contributed by atoms with Crippen LogP contribution < -0.4 is 5.73 Å². The molecule has 12 heavy (non-hydrogen) atoms. The SMILES string of the molecule is CC(C)[C@H](N)C(=O)O.N#CCBr. The molecule has 0 aromatic carbocycles. The van der Waals surface area contributed by atoms with Crippen LogP contribution in [0.15, 0.2) is 0 Å². The maximum Gasteiger partial charge on any atom is 0.320 e. The molecule has 70 valence electrons. The van der Waals surface area contributed by atoms with Gasteiger partial charge >= 0.3 is 5.97 Å². The molecule has 3 N–H and O–H groups in total. The van der Waals surface area contributed by atoms with Crippen molar-refractivity contribution in [2.24, 2.45) is 11.7 Å². The molecule has 5 heteroatoms. The van der Waals surface area contributed by atoms with Gasteiger partial charge in [0.25, 0.3) is 0 Å². The molecule has 1 atom stereocenters. The maximum absolute atomic E-state index is 10.0. The van der Waals surface area contributed by atoms with E-state index in [1.54, 1.807) is 13.8 Å². The fraction of sp³-hybridized carbons (Fsp3) is 0.714. The summed E-state index contributed by atoms with van der Waals surface area (Å²) >= 11 is 2.89. The van der Waals surface area contributed by atoms with E-state index in [1.807, 2.05) is 6.07 Å². The number of aliphatic carboxylic acids is 1. The molecule has 0 spiro atoms. The molecular formula is C7H13BrN2O2. The first-order chi connectivity index (χ1) is 5.47. The largest absolute Gasteiger partial charge is 0.480 e. The van der Waals surface area contributed by atoms with Crippen LogP contribution in [0.25, 0.3) is 0 Å². The lowest BCUT2D eigenvalue weighted by Crippen LogP contribution is -2.34. The summed E-state index contributed by atoms with van der Waals surface area (Å²) in [5.74, 6) is -0.910. The van der Waals surface area contributed by atoms with E-state index in [0.29, 0.717) is 5.33 Å². The van der Waals surface area contributed by atoms with Crippen LogP contribution in [0.1, 0.15) is 13.8 Å². The summed E-state index contributed by atoms with van der Waals surface area (Å²) in [6.45, 7) is 3.55. The molecule has 0 saturated carbocycles. The van der Waals surface area contributed by atoms with Crippen LogP contribution in [0.2, 0.25) is 0 Å². The van der Waals surface area contributed by atoms with Crippen molar-refractivity contribution >= 4 is 21.9 Å². The number of rotatable bonds is 2. The van der Waals surface area contributed by atoms with Gasteiger partial charge in [-0.25, -0.2) is 0 Å². The molecule has 0 heterocycles. The van der Waals surface area contributed by atoms with Crippen molar-refractivity contribution in [1.29, 1.82) is 5.26 Å². The Balaban J connectivity index is 0. The van der Waals surface area contributed by atoms with Crippen molar-refractivity contribution in [1.82, 2.24) is 0 Å². The number of carboxylic acid groups (broad SMARTS) is 1. The summed E-state index contributed by atoms with van der Waals surface area (Å²) in [7, 11) is 0. The Morgan fingerprint density at radius 3 is 2.08 bits per heavy atom. The van der Waals surface area contributed by atoms with Gasteiger partial charge in [0.2, 0.25) is 0 Å². The third-order valence-electron chi connectivity index (χ3n) is 1.06. The van der Waals surface area contributed by atoms with E-state index in [9.17, 15) is 4.79 Å².